The molecule has 1 saturated heterocycles. The van der Waals surface area contributed by atoms with E-state index in [1.165, 1.54) is 0 Å². The predicted octanol–water partition coefficient (Wildman–Crippen LogP) is 2.50. The number of aromatic nitrogens is 3. The van der Waals surface area contributed by atoms with Crippen LogP contribution in [0.15, 0.2) is 16.7 Å². The van der Waals surface area contributed by atoms with E-state index in [-0.39, 0.29) is 11.7 Å². The van der Waals surface area contributed by atoms with Gasteiger partial charge >= 0.3 is 0 Å². The number of nitrogens with one attached hydrogen (secondary N) is 1. The third-order valence-corrected chi connectivity index (χ3v) is 3.76. The molecule has 1 fully saturated rings. The minimum Gasteiger partial charge on any atom is -0.354 e. The summed E-state index contributed by atoms with van der Waals surface area (Å²) >= 11 is 0. The zero-order valence-electron chi connectivity index (χ0n) is 13.5. The average Bonchev–Trinajstić information content (AvgIpc) is 3.23. The van der Waals surface area contributed by atoms with Gasteiger partial charge in [0.25, 0.3) is 5.91 Å². The highest BCUT2D eigenvalue weighted by atomic mass is 16.5. The highest BCUT2D eigenvalue weighted by Crippen LogP contribution is 2.21. The number of amides is 1. The first-order valence-electron chi connectivity index (χ1n) is 8.03. The number of anilines is 1. The van der Waals surface area contributed by atoms with Gasteiger partial charge in [-0.25, -0.2) is 9.97 Å². The molecule has 7 heteroatoms. The van der Waals surface area contributed by atoms with Crippen molar-refractivity contribution in [1.29, 1.82) is 0 Å². The Bertz CT molecular complexity index is 692. The van der Waals surface area contributed by atoms with Crippen molar-refractivity contribution in [1.82, 2.24) is 20.0 Å². The lowest BCUT2D eigenvalue weighted by molar-refractivity contribution is 0.0751. The van der Waals surface area contributed by atoms with Gasteiger partial charge in [0.2, 0.25) is 11.7 Å². The van der Waals surface area contributed by atoms with Crippen molar-refractivity contribution in [3.05, 3.63) is 23.6 Å². The Hall–Kier alpha value is -2.44. The molecule has 23 heavy (non-hydrogen) atoms. The molecule has 0 saturated carbocycles. The monoisotopic (exact) mass is 315 g/mol. The third kappa shape index (κ3) is 3.49. The van der Waals surface area contributed by atoms with Crippen LogP contribution in [0.3, 0.4) is 0 Å². The molecule has 2 aromatic heterocycles. The van der Waals surface area contributed by atoms with Gasteiger partial charge in [-0.15, -0.1) is 0 Å². The topological polar surface area (TPSA) is 84.2 Å². The van der Waals surface area contributed by atoms with Crippen molar-refractivity contribution >= 4 is 11.9 Å². The fraction of sp³-hybridized carbons (Fsp3) is 0.500. The number of hydrogen-bond acceptors (Lipinski definition) is 6. The Labute approximate surface area is 135 Å². The Kier molecular flexibility index (Phi) is 4.55. The van der Waals surface area contributed by atoms with Gasteiger partial charge in [0.05, 0.1) is 5.69 Å². The van der Waals surface area contributed by atoms with Crippen LogP contribution in [0.5, 0.6) is 0 Å². The Morgan fingerprint density at radius 2 is 2.04 bits per heavy atom. The third-order valence-electron chi connectivity index (χ3n) is 3.76. The normalized spacial score (nSPS) is 14.3. The van der Waals surface area contributed by atoms with Crippen LogP contribution in [0, 0.1) is 6.92 Å². The number of aryl methyl sites for hydroxylation is 1. The molecule has 1 aliphatic rings. The summed E-state index contributed by atoms with van der Waals surface area (Å²) in [4.78, 5) is 22.9. The van der Waals surface area contributed by atoms with Crippen LogP contribution in [0.25, 0.3) is 11.4 Å². The van der Waals surface area contributed by atoms with Crippen molar-refractivity contribution in [2.75, 3.05) is 25.0 Å². The van der Waals surface area contributed by atoms with E-state index in [1.54, 1.807) is 11.0 Å². The van der Waals surface area contributed by atoms with Gasteiger partial charge in [0, 0.05) is 31.4 Å². The van der Waals surface area contributed by atoms with Gasteiger partial charge in [0.15, 0.2) is 0 Å². The van der Waals surface area contributed by atoms with Crippen molar-refractivity contribution in [2.24, 2.45) is 0 Å². The molecule has 3 rings (SSSR count). The van der Waals surface area contributed by atoms with Crippen LogP contribution >= 0.6 is 0 Å². The van der Waals surface area contributed by atoms with Gasteiger partial charge in [-0.3, -0.25) is 4.79 Å². The zero-order chi connectivity index (χ0) is 16.2. The van der Waals surface area contributed by atoms with Gasteiger partial charge in [-0.05, 0) is 32.3 Å². The summed E-state index contributed by atoms with van der Waals surface area (Å²) in [6, 6.07) is 3.49. The maximum Gasteiger partial charge on any atom is 0.292 e. The summed E-state index contributed by atoms with van der Waals surface area (Å²) < 4.78 is 5.23. The fourth-order valence-electron chi connectivity index (χ4n) is 2.59. The molecular weight excluding hydrogens is 294 g/mol. The first-order valence-corrected chi connectivity index (χ1v) is 8.03. The van der Waals surface area contributed by atoms with E-state index < -0.39 is 0 Å². The van der Waals surface area contributed by atoms with E-state index in [2.05, 4.69) is 27.4 Å². The van der Waals surface area contributed by atoms with E-state index >= 15 is 0 Å². The second kappa shape index (κ2) is 6.76. The first-order chi connectivity index (χ1) is 11.2. The molecule has 0 aliphatic carbocycles. The lowest BCUT2D eigenvalue weighted by Crippen LogP contribution is -2.27. The fourth-order valence-corrected chi connectivity index (χ4v) is 2.59. The van der Waals surface area contributed by atoms with Crippen LogP contribution in [-0.2, 0) is 0 Å². The maximum absolute atomic E-state index is 12.3. The predicted molar refractivity (Wildman–Crippen MR) is 86.2 cm³/mol. The zero-order valence-corrected chi connectivity index (χ0v) is 13.5. The summed E-state index contributed by atoms with van der Waals surface area (Å²) in [6.07, 6.45) is 3.08. The SMILES string of the molecule is CCCNc1nc(C)cc(-c2cc(C(=O)N3CCCC3)on2)n1. The molecule has 1 amide bonds. The molecule has 0 unspecified atom stereocenters. The Morgan fingerprint density at radius 1 is 1.26 bits per heavy atom. The van der Waals surface area contributed by atoms with E-state index in [4.69, 9.17) is 4.52 Å². The van der Waals surface area contributed by atoms with Crippen molar-refractivity contribution in [3.63, 3.8) is 0 Å². The highest BCUT2D eigenvalue weighted by Gasteiger charge is 2.23. The minimum atomic E-state index is -0.101. The molecule has 2 aromatic rings. The smallest absolute Gasteiger partial charge is 0.292 e. The lowest BCUT2D eigenvalue weighted by Gasteiger charge is -2.11. The van der Waals surface area contributed by atoms with Crippen molar-refractivity contribution < 1.29 is 9.32 Å². The van der Waals surface area contributed by atoms with Crippen molar-refractivity contribution in [2.45, 2.75) is 33.1 Å². The quantitative estimate of drug-likeness (QED) is 0.912. The molecule has 7 nitrogen and oxygen atoms in total. The largest absolute Gasteiger partial charge is 0.354 e. The number of carbonyl (C=O) groups is 1. The summed E-state index contributed by atoms with van der Waals surface area (Å²) in [6.45, 7) is 6.36. The highest BCUT2D eigenvalue weighted by molar-refractivity contribution is 5.92. The number of hydrogen-bond donors (Lipinski definition) is 1. The molecule has 0 atom stereocenters. The average molecular weight is 315 g/mol. The Balaban J connectivity index is 1.82. The molecule has 1 aliphatic heterocycles. The van der Waals surface area contributed by atoms with Gasteiger partial charge in [0.1, 0.15) is 5.69 Å². The van der Waals surface area contributed by atoms with Crippen LogP contribution < -0.4 is 5.32 Å². The summed E-state index contributed by atoms with van der Waals surface area (Å²) in [5.74, 6) is 0.731. The molecule has 0 spiro atoms. The second-order valence-electron chi connectivity index (χ2n) is 5.72. The molecule has 3 heterocycles. The number of rotatable bonds is 5. The molecule has 0 bridgehead atoms. The van der Waals surface area contributed by atoms with Crippen LogP contribution in [0.4, 0.5) is 5.95 Å². The molecular formula is C16H21N5O2. The second-order valence-corrected chi connectivity index (χ2v) is 5.72. The van der Waals surface area contributed by atoms with E-state index in [0.717, 1.165) is 44.6 Å². The van der Waals surface area contributed by atoms with E-state index in [1.807, 2.05) is 13.0 Å². The lowest BCUT2D eigenvalue weighted by atomic mass is 10.2. The van der Waals surface area contributed by atoms with Crippen LogP contribution in [-0.4, -0.2) is 45.6 Å². The van der Waals surface area contributed by atoms with E-state index in [9.17, 15) is 4.79 Å². The Morgan fingerprint density at radius 3 is 2.78 bits per heavy atom. The van der Waals surface area contributed by atoms with Crippen molar-refractivity contribution in [3.8, 4) is 11.4 Å². The van der Waals surface area contributed by atoms with Crippen LogP contribution in [0.2, 0.25) is 0 Å². The summed E-state index contributed by atoms with van der Waals surface area (Å²) in [7, 11) is 0. The number of carbonyl (C=O) groups excluding carboxylic acids is 1. The van der Waals surface area contributed by atoms with E-state index in [0.29, 0.717) is 17.3 Å². The van der Waals surface area contributed by atoms with Crippen LogP contribution in [0.1, 0.15) is 42.4 Å². The molecule has 122 valence electrons. The first kappa shape index (κ1) is 15.5. The standard InChI is InChI=1S/C16H21N5O2/c1-3-6-17-16-18-11(2)9-12(19-16)13-10-14(23-20-13)15(22)21-7-4-5-8-21/h9-10H,3-8H2,1-2H3,(H,17,18,19). The molecule has 0 radical (unpaired) electrons. The number of likely N-dealkylation sites (tertiary alicyclic amines) is 1. The van der Waals surface area contributed by atoms with Gasteiger partial charge < -0.3 is 14.7 Å². The molecule has 0 aromatic carbocycles. The minimum absolute atomic E-state index is 0.101. The number of nitrogens with zero attached hydrogens (tertiary/aromatic N) is 4. The summed E-state index contributed by atoms with van der Waals surface area (Å²) in [5.41, 5.74) is 2.04. The van der Waals surface area contributed by atoms with Gasteiger partial charge in [-0.1, -0.05) is 12.1 Å². The maximum atomic E-state index is 12.3. The summed E-state index contributed by atoms with van der Waals surface area (Å²) in [5, 5.41) is 7.16. The molecule has 1 N–H and O–H groups in total. The van der Waals surface area contributed by atoms with Gasteiger partial charge in [-0.2, -0.15) is 0 Å².